The van der Waals surface area contributed by atoms with E-state index in [2.05, 4.69) is 20.1 Å². The lowest BCUT2D eigenvalue weighted by atomic mass is 10.4. The van der Waals surface area contributed by atoms with Crippen LogP contribution in [0.5, 0.6) is 0 Å². The van der Waals surface area contributed by atoms with Crippen molar-refractivity contribution in [2.75, 3.05) is 11.3 Å². The number of pyridine rings is 1. The van der Waals surface area contributed by atoms with Gasteiger partial charge in [-0.2, -0.15) is 5.10 Å². The zero-order valence-electron chi connectivity index (χ0n) is 11.4. The van der Waals surface area contributed by atoms with Crippen molar-refractivity contribution in [1.82, 2.24) is 20.1 Å². The molecule has 112 valence electrons. The Hall–Kier alpha value is -1.93. The maximum Gasteiger partial charge on any atom is 0.265 e. The van der Waals surface area contributed by atoms with Crippen LogP contribution in [0.2, 0.25) is 0 Å². The maximum atomic E-state index is 12.2. The highest BCUT2D eigenvalue weighted by Crippen LogP contribution is 2.18. The van der Waals surface area contributed by atoms with E-state index < -0.39 is 10.0 Å². The number of nitrogens with one attached hydrogen (secondary N) is 2. The third kappa shape index (κ3) is 3.79. The number of rotatable bonds is 7. The minimum Gasteiger partial charge on any atom is -0.312 e. The summed E-state index contributed by atoms with van der Waals surface area (Å²) in [4.78, 5) is 4.03. The summed E-state index contributed by atoms with van der Waals surface area (Å²) in [6, 6.07) is 3.95. The standard InChI is InChI=1S/C13H17N5O2S/c19-21(20,17-12-2-1-5-14-8-12)13-9-16-18(10-13)7-6-15-11-3-4-11/h1-2,5,8-11,15,17H,3-4,6-7H2. The summed E-state index contributed by atoms with van der Waals surface area (Å²) in [5, 5.41) is 7.44. The molecule has 1 aliphatic carbocycles. The summed E-state index contributed by atoms with van der Waals surface area (Å²) in [5.41, 5.74) is 0.431. The topological polar surface area (TPSA) is 88.9 Å². The van der Waals surface area contributed by atoms with Gasteiger partial charge in [-0.05, 0) is 25.0 Å². The van der Waals surface area contributed by atoms with E-state index in [-0.39, 0.29) is 4.90 Å². The molecule has 0 amide bonds. The number of aromatic nitrogens is 3. The highest BCUT2D eigenvalue weighted by molar-refractivity contribution is 7.92. The van der Waals surface area contributed by atoms with E-state index in [4.69, 9.17) is 0 Å². The van der Waals surface area contributed by atoms with E-state index in [0.717, 1.165) is 6.54 Å². The van der Waals surface area contributed by atoms with Gasteiger partial charge in [0.25, 0.3) is 10.0 Å². The fourth-order valence-corrected chi connectivity index (χ4v) is 2.91. The molecule has 0 aliphatic heterocycles. The summed E-state index contributed by atoms with van der Waals surface area (Å²) < 4.78 is 28.5. The molecule has 0 atom stereocenters. The number of nitrogens with zero attached hydrogens (tertiary/aromatic N) is 3. The number of hydrogen-bond acceptors (Lipinski definition) is 5. The van der Waals surface area contributed by atoms with E-state index in [1.807, 2.05) is 0 Å². The Morgan fingerprint density at radius 2 is 2.19 bits per heavy atom. The Bertz CT molecular complexity index is 694. The van der Waals surface area contributed by atoms with Crippen LogP contribution in [0.4, 0.5) is 5.69 Å². The van der Waals surface area contributed by atoms with Crippen molar-refractivity contribution >= 4 is 15.7 Å². The van der Waals surface area contributed by atoms with Crippen molar-refractivity contribution in [2.24, 2.45) is 0 Å². The molecule has 7 nitrogen and oxygen atoms in total. The van der Waals surface area contributed by atoms with Gasteiger partial charge in [0, 0.05) is 25.0 Å². The lowest BCUT2D eigenvalue weighted by Crippen LogP contribution is -2.22. The normalized spacial score (nSPS) is 15.0. The first-order valence-electron chi connectivity index (χ1n) is 6.82. The molecular formula is C13H17N5O2S. The molecule has 3 rings (SSSR count). The Labute approximate surface area is 123 Å². The largest absolute Gasteiger partial charge is 0.312 e. The average Bonchev–Trinajstić information content (AvgIpc) is 3.15. The first-order chi connectivity index (χ1) is 10.1. The minimum atomic E-state index is -3.62. The third-order valence-corrected chi connectivity index (χ3v) is 4.52. The van der Waals surface area contributed by atoms with E-state index in [9.17, 15) is 8.42 Å². The second-order valence-electron chi connectivity index (χ2n) is 5.01. The second-order valence-corrected chi connectivity index (χ2v) is 6.70. The lowest BCUT2D eigenvalue weighted by molar-refractivity contribution is 0.552. The molecule has 0 saturated heterocycles. The van der Waals surface area contributed by atoms with Crippen molar-refractivity contribution in [3.8, 4) is 0 Å². The molecule has 1 saturated carbocycles. The molecule has 2 heterocycles. The lowest BCUT2D eigenvalue weighted by Gasteiger charge is -2.05. The maximum absolute atomic E-state index is 12.2. The summed E-state index contributed by atoms with van der Waals surface area (Å²) in [6.07, 6.45) is 8.40. The monoisotopic (exact) mass is 307 g/mol. The number of sulfonamides is 1. The molecule has 2 N–H and O–H groups in total. The van der Waals surface area contributed by atoms with E-state index in [1.165, 1.54) is 31.4 Å². The fourth-order valence-electron chi connectivity index (χ4n) is 1.91. The van der Waals surface area contributed by atoms with Crippen LogP contribution in [-0.2, 0) is 16.6 Å². The highest BCUT2D eigenvalue weighted by Gasteiger charge is 2.20. The number of anilines is 1. The molecule has 0 aromatic carbocycles. The molecule has 8 heteroatoms. The minimum absolute atomic E-state index is 0.151. The molecule has 1 aliphatic rings. The van der Waals surface area contributed by atoms with Gasteiger partial charge in [-0.1, -0.05) is 0 Å². The predicted octanol–water partition coefficient (Wildman–Crippen LogP) is 0.831. The van der Waals surface area contributed by atoms with Gasteiger partial charge in [0.1, 0.15) is 4.90 Å². The van der Waals surface area contributed by atoms with Crippen molar-refractivity contribution in [2.45, 2.75) is 30.3 Å². The molecule has 1 fully saturated rings. The number of hydrogen-bond donors (Lipinski definition) is 2. The second kappa shape index (κ2) is 5.82. The predicted molar refractivity (Wildman–Crippen MR) is 78.3 cm³/mol. The first kappa shape index (κ1) is 14.0. The van der Waals surface area contributed by atoms with Crippen molar-refractivity contribution < 1.29 is 8.42 Å². The third-order valence-electron chi connectivity index (χ3n) is 3.18. The van der Waals surface area contributed by atoms with Crippen LogP contribution in [0.1, 0.15) is 12.8 Å². The summed E-state index contributed by atoms with van der Waals surface area (Å²) >= 11 is 0. The van der Waals surface area contributed by atoms with Crippen molar-refractivity contribution in [3.63, 3.8) is 0 Å². The first-order valence-corrected chi connectivity index (χ1v) is 8.30. The van der Waals surface area contributed by atoms with Gasteiger partial charge in [0.2, 0.25) is 0 Å². The molecule has 0 bridgehead atoms. The Morgan fingerprint density at radius 1 is 1.33 bits per heavy atom. The Balaban J connectivity index is 1.63. The van der Waals surface area contributed by atoms with Crippen LogP contribution in [0, 0.1) is 0 Å². The molecule has 0 unspecified atom stereocenters. The fraction of sp³-hybridized carbons (Fsp3) is 0.385. The van der Waals surface area contributed by atoms with Crippen LogP contribution in [0.3, 0.4) is 0 Å². The van der Waals surface area contributed by atoms with Gasteiger partial charge in [-0.3, -0.25) is 14.4 Å². The van der Waals surface area contributed by atoms with E-state index in [0.29, 0.717) is 18.3 Å². The molecule has 0 spiro atoms. The Morgan fingerprint density at radius 3 is 2.90 bits per heavy atom. The van der Waals surface area contributed by atoms with Gasteiger partial charge in [0.05, 0.1) is 24.6 Å². The van der Waals surface area contributed by atoms with Gasteiger partial charge in [-0.25, -0.2) is 8.42 Å². The van der Waals surface area contributed by atoms with E-state index >= 15 is 0 Å². The molecule has 0 radical (unpaired) electrons. The van der Waals surface area contributed by atoms with Crippen LogP contribution in [0.25, 0.3) is 0 Å². The molecule has 2 aromatic rings. The van der Waals surface area contributed by atoms with Crippen LogP contribution in [-0.4, -0.2) is 35.8 Å². The average molecular weight is 307 g/mol. The summed E-state index contributed by atoms with van der Waals surface area (Å²) in [7, 11) is -3.62. The van der Waals surface area contributed by atoms with Crippen molar-refractivity contribution in [1.29, 1.82) is 0 Å². The molecule has 2 aromatic heterocycles. The Kier molecular flexibility index (Phi) is 3.89. The summed E-state index contributed by atoms with van der Waals surface area (Å²) in [5.74, 6) is 0. The van der Waals surface area contributed by atoms with Gasteiger partial charge >= 0.3 is 0 Å². The zero-order chi connectivity index (χ0) is 14.7. The van der Waals surface area contributed by atoms with Crippen LogP contribution < -0.4 is 10.0 Å². The smallest absolute Gasteiger partial charge is 0.265 e. The van der Waals surface area contributed by atoms with Gasteiger partial charge < -0.3 is 5.32 Å². The van der Waals surface area contributed by atoms with Crippen LogP contribution >= 0.6 is 0 Å². The summed E-state index contributed by atoms with van der Waals surface area (Å²) in [6.45, 7) is 1.45. The quantitative estimate of drug-likeness (QED) is 0.791. The van der Waals surface area contributed by atoms with E-state index in [1.54, 1.807) is 23.0 Å². The zero-order valence-corrected chi connectivity index (χ0v) is 12.3. The highest BCUT2D eigenvalue weighted by atomic mass is 32.2. The van der Waals surface area contributed by atoms with Gasteiger partial charge in [-0.15, -0.1) is 0 Å². The van der Waals surface area contributed by atoms with Crippen LogP contribution in [0.15, 0.2) is 41.8 Å². The molecule has 21 heavy (non-hydrogen) atoms. The molecular weight excluding hydrogens is 290 g/mol. The van der Waals surface area contributed by atoms with Crippen molar-refractivity contribution in [3.05, 3.63) is 36.9 Å². The van der Waals surface area contributed by atoms with Gasteiger partial charge in [0.15, 0.2) is 0 Å². The SMILES string of the molecule is O=S(=O)(Nc1cccnc1)c1cnn(CCNC2CC2)c1.